The zero-order valence-corrected chi connectivity index (χ0v) is 13.9. The molecule has 1 N–H and O–H groups in total. The van der Waals surface area contributed by atoms with Crippen LogP contribution in [-0.2, 0) is 11.8 Å². The molecule has 1 atom stereocenters. The van der Waals surface area contributed by atoms with Crippen LogP contribution in [0.15, 0.2) is 48.8 Å². The Morgan fingerprint density at radius 1 is 1.20 bits per heavy atom. The molecule has 5 nitrogen and oxygen atoms in total. The van der Waals surface area contributed by atoms with Crippen LogP contribution in [0.4, 0.5) is 4.39 Å². The Kier molecular flexibility index (Phi) is 4.29. The number of pyridine rings is 1. The summed E-state index contributed by atoms with van der Waals surface area (Å²) < 4.78 is 20.5. The lowest BCUT2D eigenvalue weighted by molar-refractivity contribution is 0.0756. The summed E-state index contributed by atoms with van der Waals surface area (Å²) in [5.74, 6) is -0.254. The number of halogens is 1. The van der Waals surface area contributed by atoms with E-state index in [0.29, 0.717) is 6.61 Å². The maximum absolute atomic E-state index is 13.2. The van der Waals surface area contributed by atoms with Gasteiger partial charge in [-0.15, -0.1) is 0 Å². The molecule has 4 rings (SSSR count). The van der Waals surface area contributed by atoms with Gasteiger partial charge in [-0.3, -0.25) is 9.67 Å². The van der Waals surface area contributed by atoms with E-state index in [9.17, 15) is 4.39 Å². The van der Waals surface area contributed by atoms with Gasteiger partial charge in [-0.1, -0.05) is 0 Å². The predicted octanol–water partition coefficient (Wildman–Crippen LogP) is 2.95. The maximum Gasteiger partial charge on any atom is 0.123 e. The van der Waals surface area contributed by atoms with Crippen LogP contribution in [-0.4, -0.2) is 34.5 Å². The van der Waals surface area contributed by atoms with Crippen molar-refractivity contribution in [3.05, 3.63) is 60.3 Å². The van der Waals surface area contributed by atoms with Crippen LogP contribution in [0.25, 0.3) is 22.4 Å². The zero-order valence-electron chi connectivity index (χ0n) is 13.9. The Bertz CT molecular complexity index is 869. The molecule has 1 saturated heterocycles. The summed E-state index contributed by atoms with van der Waals surface area (Å²) in [5.41, 5.74) is 4.69. The van der Waals surface area contributed by atoms with E-state index in [-0.39, 0.29) is 11.9 Å². The summed E-state index contributed by atoms with van der Waals surface area (Å²) in [6.07, 6.45) is 3.78. The normalized spacial score (nSPS) is 17.6. The van der Waals surface area contributed by atoms with Crippen molar-refractivity contribution in [2.75, 3.05) is 19.8 Å². The first-order chi connectivity index (χ1) is 12.2. The molecule has 25 heavy (non-hydrogen) atoms. The van der Waals surface area contributed by atoms with E-state index in [1.54, 1.807) is 16.8 Å². The van der Waals surface area contributed by atoms with E-state index in [0.717, 1.165) is 41.2 Å². The topological polar surface area (TPSA) is 52.0 Å². The highest BCUT2D eigenvalue weighted by Gasteiger charge is 2.18. The summed E-state index contributed by atoms with van der Waals surface area (Å²) in [7, 11) is 1.88. The van der Waals surface area contributed by atoms with Crippen LogP contribution >= 0.6 is 0 Å². The third kappa shape index (κ3) is 3.31. The molecule has 2 aromatic heterocycles. The quantitative estimate of drug-likeness (QED) is 0.798. The van der Waals surface area contributed by atoms with Gasteiger partial charge in [-0.05, 0) is 42.0 Å². The lowest BCUT2D eigenvalue weighted by Crippen LogP contribution is -2.35. The van der Waals surface area contributed by atoms with E-state index in [1.165, 1.54) is 12.1 Å². The van der Waals surface area contributed by atoms with Gasteiger partial charge in [-0.25, -0.2) is 4.39 Å². The van der Waals surface area contributed by atoms with E-state index in [1.807, 2.05) is 25.5 Å². The second-order valence-electron chi connectivity index (χ2n) is 6.12. The molecule has 1 unspecified atom stereocenters. The number of aromatic nitrogens is 3. The van der Waals surface area contributed by atoms with Gasteiger partial charge in [0.15, 0.2) is 0 Å². The van der Waals surface area contributed by atoms with E-state index < -0.39 is 0 Å². The fraction of sp³-hybridized carbons (Fsp3) is 0.263. The molecule has 0 amide bonds. The van der Waals surface area contributed by atoms with Gasteiger partial charge < -0.3 is 10.1 Å². The molecule has 3 aromatic rings. The summed E-state index contributed by atoms with van der Waals surface area (Å²) in [6, 6.07) is 10.5. The highest BCUT2D eigenvalue weighted by Crippen LogP contribution is 2.31. The standard InChI is InChI=1S/C19H19FN4O/c1-24-11-16(19(23-24)13-2-4-15(20)5-3-13)14-6-7-21-17(10-14)18-12-25-9-8-22-18/h2-7,10-11,18,22H,8-9,12H2,1H3. The minimum Gasteiger partial charge on any atom is -0.378 e. The Hall–Kier alpha value is -2.57. The number of hydrogen-bond donors (Lipinski definition) is 1. The number of nitrogens with zero attached hydrogens (tertiary/aromatic N) is 3. The van der Waals surface area contributed by atoms with Gasteiger partial charge in [0.25, 0.3) is 0 Å². The highest BCUT2D eigenvalue weighted by atomic mass is 19.1. The predicted molar refractivity (Wildman–Crippen MR) is 93.4 cm³/mol. The molecule has 1 fully saturated rings. The van der Waals surface area contributed by atoms with Crippen LogP contribution in [0.1, 0.15) is 11.7 Å². The molecule has 0 spiro atoms. The molecule has 1 aliphatic rings. The second-order valence-corrected chi connectivity index (χ2v) is 6.12. The van der Waals surface area contributed by atoms with Crippen LogP contribution < -0.4 is 5.32 Å². The molecule has 0 aliphatic carbocycles. The van der Waals surface area contributed by atoms with Crippen molar-refractivity contribution < 1.29 is 9.13 Å². The molecule has 0 saturated carbocycles. The van der Waals surface area contributed by atoms with Crippen molar-refractivity contribution in [3.63, 3.8) is 0 Å². The molecular weight excluding hydrogens is 319 g/mol. The Morgan fingerprint density at radius 3 is 2.80 bits per heavy atom. The van der Waals surface area contributed by atoms with E-state index in [2.05, 4.69) is 21.5 Å². The second kappa shape index (κ2) is 6.74. The molecule has 0 bridgehead atoms. The summed E-state index contributed by atoms with van der Waals surface area (Å²) in [6.45, 7) is 2.17. The van der Waals surface area contributed by atoms with Crippen molar-refractivity contribution in [3.8, 4) is 22.4 Å². The fourth-order valence-electron chi connectivity index (χ4n) is 3.08. The number of aryl methyl sites for hydroxylation is 1. The van der Waals surface area contributed by atoms with Gasteiger partial charge in [0.2, 0.25) is 0 Å². The minimum absolute atomic E-state index is 0.0969. The highest BCUT2D eigenvalue weighted by molar-refractivity contribution is 5.80. The van der Waals surface area contributed by atoms with Crippen molar-refractivity contribution >= 4 is 0 Å². The molecule has 1 aliphatic heterocycles. The number of nitrogens with one attached hydrogen (secondary N) is 1. The molecule has 1 aromatic carbocycles. The maximum atomic E-state index is 13.2. The van der Waals surface area contributed by atoms with Crippen LogP contribution in [0.3, 0.4) is 0 Å². The van der Waals surface area contributed by atoms with Crippen LogP contribution in [0.2, 0.25) is 0 Å². The molecule has 128 valence electrons. The number of morpholine rings is 1. The Labute approximate surface area is 145 Å². The summed E-state index contributed by atoms with van der Waals surface area (Å²) in [5, 5.41) is 7.98. The third-order valence-electron chi connectivity index (χ3n) is 4.32. The monoisotopic (exact) mass is 338 g/mol. The molecule has 6 heteroatoms. The Balaban J connectivity index is 1.73. The first-order valence-electron chi connectivity index (χ1n) is 8.28. The fourth-order valence-corrected chi connectivity index (χ4v) is 3.08. The van der Waals surface area contributed by atoms with Crippen molar-refractivity contribution in [2.45, 2.75) is 6.04 Å². The largest absolute Gasteiger partial charge is 0.378 e. The number of hydrogen-bond acceptors (Lipinski definition) is 4. The smallest absolute Gasteiger partial charge is 0.123 e. The van der Waals surface area contributed by atoms with Gasteiger partial charge in [0.05, 0.1) is 24.9 Å². The first-order valence-corrected chi connectivity index (χ1v) is 8.28. The summed E-state index contributed by atoms with van der Waals surface area (Å²) in [4.78, 5) is 4.49. The number of ether oxygens (including phenoxy) is 1. The van der Waals surface area contributed by atoms with E-state index in [4.69, 9.17) is 4.74 Å². The first kappa shape index (κ1) is 15.9. The average Bonchev–Trinajstić information content (AvgIpc) is 3.05. The Morgan fingerprint density at radius 2 is 2.04 bits per heavy atom. The van der Waals surface area contributed by atoms with Crippen molar-refractivity contribution in [2.24, 2.45) is 7.05 Å². The van der Waals surface area contributed by atoms with Crippen LogP contribution in [0, 0.1) is 5.82 Å². The zero-order chi connectivity index (χ0) is 17.2. The van der Waals surface area contributed by atoms with Gasteiger partial charge in [0.1, 0.15) is 11.5 Å². The van der Waals surface area contributed by atoms with E-state index >= 15 is 0 Å². The SMILES string of the molecule is Cn1cc(-c2ccnc(C3COCCN3)c2)c(-c2ccc(F)cc2)n1. The number of benzene rings is 1. The van der Waals surface area contributed by atoms with Crippen molar-refractivity contribution in [1.29, 1.82) is 0 Å². The molecule has 3 heterocycles. The third-order valence-corrected chi connectivity index (χ3v) is 4.32. The van der Waals surface area contributed by atoms with Gasteiger partial charge in [0, 0.05) is 37.1 Å². The number of rotatable bonds is 3. The van der Waals surface area contributed by atoms with Crippen molar-refractivity contribution in [1.82, 2.24) is 20.1 Å². The van der Waals surface area contributed by atoms with Gasteiger partial charge >= 0.3 is 0 Å². The lowest BCUT2D eigenvalue weighted by atomic mass is 10.0. The average molecular weight is 338 g/mol. The van der Waals surface area contributed by atoms with Gasteiger partial charge in [-0.2, -0.15) is 5.10 Å². The molecular formula is C19H19FN4O. The summed E-state index contributed by atoms with van der Waals surface area (Å²) >= 11 is 0. The molecule has 0 radical (unpaired) electrons. The lowest BCUT2D eigenvalue weighted by Gasteiger charge is -2.23. The minimum atomic E-state index is -0.254. The van der Waals surface area contributed by atoms with Crippen LogP contribution in [0.5, 0.6) is 0 Å².